The summed E-state index contributed by atoms with van der Waals surface area (Å²) in [5.74, 6) is 1.29. The van der Waals surface area contributed by atoms with Gasteiger partial charge in [0.1, 0.15) is 5.75 Å². The van der Waals surface area contributed by atoms with Crippen LogP contribution in [0.2, 0.25) is 0 Å². The van der Waals surface area contributed by atoms with E-state index in [1.165, 1.54) is 14.7 Å². The molecule has 174 valence electrons. The lowest BCUT2D eigenvalue weighted by Gasteiger charge is -2.12. The first-order chi connectivity index (χ1) is 16.5. The van der Waals surface area contributed by atoms with Gasteiger partial charge in [-0.1, -0.05) is 42.5 Å². The average Bonchev–Trinajstić information content (AvgIpc) is 3.36. The number of hydrogen-bond acceptors (Lipinski definition) is 4. The summed E-state index contributed by atoms with van der Waals surface area (Å²) in [7, 11) is 1.66. The Morgan fingerprint density at radius 3 is 2.50 bits per heavy atom. The third kappa shape index (κ3) is 3.51. The van der Waals surface area contributed by atoms with Gasteiger partial charge in [0.2, 0.25) is 5.78 Å². The van der Waals surface area contributed by atoms with Gasteiger partial charge in [-0.2, -0.15) is 4.98 Å². The number of benzene rings is 2. The molecule has 8 heteroatoms. The molecule has 34 heavy (non-hydrogen) atoms. The fourth-order valence-electron chi connectivity index (χ4n) is 4.51. The Morgan fingerprint density at radius 2 is 1.74 bits per heavy atom. The van der Waals surface area contributed by atoms with Gasteiger partial charge in [-0.25, -0.2) is 4.79 Å². The number of hydrogen-bond donors (Lipinski definition) is 0. The van der Waals surface area contributed by atoms with E-state index in [2.05, 4.69) is 12.1 Å². The first-order valence-electron chi connectivity index (χ1n) is 11.5. The van der Waals surface area contributed by atoms with Crippen molar-refractivity contribution in [1.82, 2.24) is 23.1 Å². The fourth-order valence-corrected chi connectivity index (χ4v) is 4.51. The summed E-state index contributed by atoms with van der Waals surface area (Å²) < 4.78 is 12.3. The monoisotopic (exact) mass is 457 g/mol. The molecule has 0 N–H and O–H groups in total. The quantitative estimate of drug-likeness (QED) is 0.375. The maximum absolute atomic E-state index is 13.5. The molecular formula is C26H27N5O3. The highest BCUT2D eigenvalue weighted by Gasteiger charge is 2.21. The molecule has 8 nitrogen and oxygen atoms in total. The molecular weight excluding hydrogens is 430 g/mol. The molecule has 0 bridgehead atoms. The minimum atomic E-state index is -0.357. The minimum Gasteiger partial charge on any atom is -0.492 e. The first-order valence-corrected chi connectivity index (χ1v) is 11.5. The maximum Gasteiger partial charge on any atom is 0.332 e. The van der Waals surface area contributed by atoms with Gasteiger partial charge in [0.25, 0.3) is 5.56 Å². The third-order valence-corrected chi connectivity index (χ3v) is 6.12. The summed E-state index contributed by atoms with van der Waals surface area (Å²) in [6.45, 7) is 4.78. The second kappa shape index (κ2) is 8.70. The summed E-state index contributed by atoms with van der Waals surface area (Å²) >= 11 is 0. The largest absolute Gasteiger partial charge is 0.492 e. The number of para-hydroxylation sites is 2. The van der Waals surface area contributed by atoms with Crippen LogP contribution in [-0.4, -0.2) is 29.7 Å². The normalized spacial score (nSPS) is 11.5. The first kappa shape index (κ1) is 21.8. The van der Waals surface area contributed by atoms with E-state index in [-0.39, 0.29) is 11.2 Å². The molecule has 0 saturated carbocycles. The molecule has 0 unspecified atom stereocenters. The summed E-state index contributed by atoms with van der Waals surface area (Å²) in [5.41, 5.74) is 3.00. The second-order valence-corrected chi connectivity index (χ2v) is 8.35. The summed E-state index contributed by atoms with van der Waals surface area (Å²) in [4.78, 5) is 31.3. The molecule has 3 heterocycles. The smallest absolute Gasteiger partial charge is 0.332 e. The standard InChI is InChI=1S/C26H27N5O3/c1-4-34-21-15-9-8-14-20(21)31-18(2)17-30-22-23(27-25(30)31)28(3)26(33)29(24(22)32)16-10-13-19-11-6-5-7-12-19/h5-9,11-12,14-15,17H,4,10,13,16H2,1-3H3. The number of rotatable bonds is 7. The van der Waals surface area contributed by atoms with Crippen LogP contribution in [0.3, 0.4) is 0 Å². The lowest BCUT2D eigenvalue weighted by molar-refractivity contribution is 0.339. The summed E-state index contributed by atoms with van der Waals surface area (Å²) in [6.07, 6.45) is 3.36. The molecule has 5 aromatic rings. The lowest BCUT2D eigenvalue weighted by atomic mass is 10.1. The molecule has 0 atom stereocenters. The van der Waals surface area contributed by atoms with Crippen molar-refractivity contribution in [2.24, 2.45) is 7.05 Å². The van der Waals surface area contributed by atoms with Crippen molar-refractivity contribution in [3.63, 3.8) is 0 Å². The van der Waals surface area contributed by atoms with E-state index in [0.717, 1.165) is 23.6 Å². The van der Waals surface area contributed by atoms with E-state index < -0.39 is 0 Å². The number of nitrogens with zero attached hydrogens (tertiary/aromatic N) is 5. The molecule has 0 radical (unpaired) electrons. The molecule has 0 aliphatic rings. The van der Waals surface area contributed by atoms with E-state index in [1.54, 1.807) is 11.4 Å². The topological polar surface area (TPSA) is 75.5 Å². The van der Waals surface area contributed by atoms with Gasteiger partial charge >= 0.3 is 5.69 Å². The predicted molar refractivity (Wildman–Crippen MR) is 132 cm³/mol. The molecule has 0 amide bonds. The zero-order valence-corrected chi connectivity index (χ0v) is 19.6. The summed E-state index contributed by atoms with van der Waals surface area (Å²) in [5, 5.41) is 0. The van der Waals surface area contributed by atoms with E-state index in [4.69, 9.17) is 9.72 Å². The van der Waals surface area contributed by atoms with E-state index in [1.807, 2.05) is 67.1 Å². The Bertz CT molecular complexity index is 1610. The second-order valence-electron chi connectivity index (χ2n) is 8.35. The van der Waals surface area contributed by atoms with Gasteiger partial charge in [0.15, 0.2) is 11.2 Å². The molecule has 0 aliphatic heterocycles. The van der Waals surface area contributed by atoms with Crippen molar-refractivity contribution in [2.45, 2.75) is 33.2 Å². The van der Waals surface area contributed by atoms with Crippen molar-refractivity contribution < 1.29 is 4.74 Å². The van der Waals surface area contributed by atoms with Gasteiger partial charge in [-0.05, 0) is 44.4 Å². The van der Waals surface area contributed by atoms with E-state index >= 15 is 0 Å². The number of ether oxygens (including phenoxy) is 1. The van der Waals surface area contributed by atoms with Crippen molar-refractivity contribution >= 4 is 16.9 Å². The number of aromatic nitrogens is 5. The van der Waals surface area contributed by atoms with E-state index in [0.29, 0.717) is 36.5 Å². The minimum absolute atomic E-state index is 0.325. The van der Waals surface area contributed by atoms with E-state index in [9.17, 15) is 9.59 Å². The Hall–Kier alpha value is -4.07. The van der Waals surface area contributed by atoms with Crippen LogP contribution in [-0.2, 0) is 20.0 Å². The van der Waals surface area contributed by atoms with Crippen LogP contribution in [0.1, 0.15) is 24.6 Å². The van der Waals surface area contributed by atoms with Crippen LogP contribution in [0.4, 0.5) is 0 Å². The van der Waals surface area contributed by atoms with Gasteiger partial charge in [-0.3, -0.25) is 22.9 Å². The fraction of sp³-hybridized carbons (Fsp3) is 0.269. The Labute approximate surface area is 196 Å². The Balaban J connectivity index is 1.64. The van der Waals surface area contributed by atoms with Crippen LogP contribution >= 0.6 is 0 Å². The highest BCUT2D eigenvalue weighted by atomic mass is 16.5. The van der Waals surface area contributed by atoms with Crippen LogP contribution in [0.25, 0.3) is 22.6 Å². The Kier molecular flexibility index (Phi) is 5.57. The van der Waals surface area contributed by atoms with Crippen LogP contribution in [0, 0.1) is 6.92 Å². The van der Waals surface area contributed by atoms with Crippen molar-refractivity contribution in [2.75, 3.05) is 6.61 Å². The molecule has 0 fully saturated rings. The van der Waals surface area contributed by atoms with Gasteiger partial charge < -0.3 is 4.74 Å². The molecule has 2 aromatic carbocycles. The predicted octanol–water partition coefficient (Wildman–Crippen LogP) is 3.48. The number of fused-ring (bicyclic) bond motifs is 3. The van der Waals surface area contributed by atoms with Gasteiger partial charge in [0, 0.05) is 25.5 Å². The molecule has 0 spiro atoms. The SMILES string of the molecule is CCOc1ccccc1-n1c(C)cn2c3c(=O)n(CCCc4ccccc4)c(=O)n(C)c3nc12. The summed E-state index contributed by atoms with van der Waals surface area (Å²) in [6, 6.07) is 17.8. The number of aryl methyl sites for hydroxylation is 3. The van der Waals surface area contributed by atoms with Gasteiger partial charge in [-0.15, -0.1) is 0 Å². The van der Waals surface area contributed by atoms with Crippen LogP contribution in [0.5, 0.6) is 5.75 Å². The van der Waals surface area contributed by atoms with Gasteiger partial charge in [0.05, 0.1) is 12.3 Å². The molecule has 5 rings (SSSR count). The van der Waals surface area contributed by atoms with Crippen molar-refractivity contribution in [3.05, 3.63) is 92.9 Å². The van der Waals surface area contributed by atoms with Crippen molar-refractivity contribution in [3.8, 4) is 11.4 Å². The van der Waals surface area contributed by atoms with Crippen LogP contribution < -0.4 is 16.0 Å². The molecule has 0 aliphatic carbocycles. The Morgan fingerprint density at radius 1 is 1.00 bits per heavy atom. The number of imidazole rings is 2. The van der Waals surface area contributed by atoms with Crippen LogP contribution in [0.15, 0.2) is 70.4 Å². The highest BCUT2D eigenvalue weighted by molar-refractivity contribution is 5.76. The molecule has 3 aromatic heterocycles. The highest BCUT2D eigenvalue weighted by Crippen LogP contribution is 2.27. The van der Waals surface area contributed by atoms with Crippen molar-refractivity contribution in [1.29, 1.82) is 0 Å². The third-order valence-electron chi connectivity index (χ3n) is 6.12. The zero-order valence-electron chi connectivity index (χ0n) is 19.6. The average molecular weight is 458 g/mol. The molecule has 0 saturated heterocycles. The zero-order chi connectivity index (χ0) is 23.8. The maximum atomic E-state index is 13.5. The lowest BCUT2D eigenvalue weighted by Crippen LogP contribution is -2.39.